The molecule has 0 saturated carbocycles. The summed E-state index contributed by atoms with van der Waals surface area (Å²) in [4.78, 5) is 0. The number of hydrogen-bond donors (Lipinski definition) is 1. The standard InChI is InChI=1S/C18H28O2S2/c1-3-5-11-20-17-9-7-15(8-10-17)18(14-16(19)4-2)21-12-6-13-22-18/h7-10,16,19H,3-6,11-14H2,1-2H3. The van der Waals surface area contributed by atoms with Crippen LogP contribution in [-0.4, -0.2) is 29.3 Å². The summed E-state index contributed by atoms with van der Waals surface area (Å²) in [6.45, 7) is 5.02. The van der Waals surface area contributed by atoms with Gasteiger partial charge < -0.3 is 9.84 Å². The molecule has 0 aromatic heterocycles. The van der Waals surface area contributed by atoms with Gasteiger partial charge in [-0.15, -0.1) is 23.5 Å². The van der Waals surface area contributed by atoms with Crippen molar-refractivity contribution in [3.63, 3.8) is 0 Å². The third-order valence-corrected chi connectivity index (χ3v) is 7.43. The van der Waals surface area contributed by atoms with E-state index in [-0.39, 0.29) is 10.2 Å². The first-order valence-corrected chi connectivity index (χ1v) is 10.4. The lowest BCUT2D eigenvalue weighted by Gasteiger charge is -2.38. The Morgan fingerprint density at radius 1 is 1.18 bits per heavy atom. The Morgan fingerprint density at radius 2 is 1.86 bits per heavy atom. The Bertz CT molecular complexity index is 427. The first-order chi connectivity index (χ1) is 10.7. The Hall–Kier alpha value is -0.320. The molecule has 1 unspecified atom stereocenters. The molecule has 2 rings (SSSR count). The molecule has 4 heteroatoms. The highest BCUT2D eigenvalue weighted by molar-refractivity contribution is 8.18. The van der Waals surface area contributed by atoms with Crippen molar-refractivity contribution in [1.82, 2.24) is 0 Å². The second kappa shape index (κ2) is 9.09. The topological polar surface area (TPSA) is 29.5 Å². The number of aliphatic hydroxyl groups is 1. The van der Waals surface area contributed by atoms with Crippen molar-refractivity contribution in [1.29, 1.82) is 0 Å². The van der Waals surface area contributed by atoms with Crippen LogP contribution in [0.4, 0.5) is 0 Å². The fourth-order valence-electron chi connectivity index (χ4n) is 2.57. The molecule has 1 aliphatic rings. The molecule has 124 valence electrons. The summed E-state index contributed by atoms with van der Waals surface area (Å²) in [5.74, 6) is 3.31. The second-order valence-electron chi connectivity index (χ2n) is 5.80. The van der Waals surface area contributed by atoms with E-state index in [0.717, 1.165) is 38.0 Å². The fraction of sp³-hybridized carbons (Fsp3) is 0.667. The maximum absolute atomic E-state index is 10.2. The maximum Gasteiger partial charge on any atom is 0.119 e. The number of unbranched alkanes of at least 4 members (excludes halogenated alkanes) is 1. The minimum atomic E-state index is -0.224. The van der Waals surface area contributed by atoms with Crippen LogP contribution in [0.5, 0.6) is 5.75 Å². The fourth-order valence-corrected chi connectivity index (χ4v) is 6.05. The zero-order chi connectivity index (χ0) is 15.8. The number of benzene rings is 1. The minimum absolute atomic E-state index is 0.00955. The Labute approximate surface area is 143 Å². The van der Waals surface area contributed by atoms with Gasteiger partial charge >= 0.3 is 0 Å². The molecule has 1 fully saturated rings. The van der Waals surface area contributed by atoms with Crippen molar-refractivity contribution >= 4 is 23.5 Å². The monoisotopic (exact) mass is 340 g/mol. The van der Waals surface area contributed by atoms with Crippen molar-refractivity contribution in [3.8, 4) is 5.75 Å². The quantitative estimate of drug-likeness (QED) is 0.671. The summed E-state index contributed by atoms with van der Waals surface area (Å²) in [6.07, 6.45) is 4.94. The van der Waals surface area contributed by atoms with Crippen LogP contribution in [0.2, 0.25) is 0 Å². The normalized spacial score (nSPS) is 18.9. The molecule has 0 amide bonds. The number of thioether (sulfide) groups is 2. The van der Waals surface area contributed by atoms with Crippen LogP contribution < -0.4 is 4.74 Å². The Morgan fingerprint density at radius 3 is 2.45 bits per heavy atom. The van der Waals surface area contributed by atoms with Crippen molar-refractivity contribution in [2.75, 3.05) is 18.1 Å². The molecule has 0 spiro atoms. The van der Waals surface area contributed by atoms with Crippen LogP contribution in [0.25, 0.3) is 0 Å². The predicted molar refractivity (Wildman–Crippen MR) is 99.0 cm³/mol. The molecule has 1 aliphatic heterocycles. The Kier molecular flexibility index (Phi) is 7.45. The highest BCUT2D eigenvalue weighted by Crippen LogP contribution is 2.53. The number of aliphatic hydroxyl groups excluding tert-OH is 1. The van der Waals surface area contributed by atoms with Crippen molar-refractivity contribution in [2.24, 2.45) is 0 Å². The van der Waals surface area contributed by atoms with E-state index in [0.29, 0.717) is 0 Å². The van der Waals surface area contributed by atoms with Crippen LogP contribution in [0.15, 0.2) is 24.3 Å². The van der Waals surface area contributed by atoms with Gasteiger partial charge in [-0.05, 0) is 48.5 Å². The summed E-state index contributed by atoms with van der Waals surface area (Å²) in [5.41, 5.74) is 1.32. The molecule has 1 aromatic rings. The van der Waals surface area contributed by atoms with E-state index in [4.69, 9.17) is 4.74 Å². The first kappa shape index (κ1) is 18.0. The molecule has 22 heavy (non-hydrogen) atoms. The lowest BCUT2D eigenvalue weighted by atomic mass is 10.0. The molecular formula is C18H28O2S2. The van der Waals surface area contributed by atoms with Crippen LogP contribution in [-0.2, 0) is 4.08 Å². The number of hydrogen-bond acceptors (Lipinski definition) is 4. The zero-order valence-corrected chi connectivity index (χ0v) is 15.3. The zero-order valence-electron chi connectivity index (χ0n) is 13.7. The maximum atomic E-state index is 10.2. The summed E-state index contributed by atoms with van der Waals surface area (Å²) >= 11 is 3.99. The van der Waals surface area contributed by atoms with E-state index in [1.807, 2.05) is 23.5 Å². The van der Waals surface area contributed by atoms with Gasteiger partial charge in [0.1, 0.15) is 5.75 Å². The predicted octanol–water partition coefficient (Wildman–Crippen LogP) is 5.05. The van der Waals surface area contributed by atoms with Gasteiger partial charge in [-0.3, -0.25) is 0 Å². The van der Waals surface area contributed by atoms with E-state index >= 15 is 0 Å². The molecule has 0 radical (unpaired) electrons. The second-order valence-corrected chi connectivity index (χ2v) is 8.84. The third-order valence-electron chi connectivity index (χ3n) is 4.00. The van der Waals surface area contributed by atoms with Gasteiger partial charge in [-0.25, -0.2) is 0 Å². The van der Waals surface area contributed by atoms with Gasteiger partial charge in [0, 0.05) is 6.42 Å². The summed E-state index contributed by atoms with van der Waals surface area (Å²) in [5, 5.41) is 10.2. The molecule has 1 aromatic carbocycles. The van der Waals surface area contributed by atoms with Crippen LogP contribution in [0.1, 0.15) is 51.5 Å². The highest BCUT2D eigenvalue weighted by atomic mass is 32.2. The van der Waals surface area contributed by atoms with E-state index in [2.05, 4.69) is 38.1 Å². The van der Waals surface area contributed by atoms with Gasteiger partial charge in [0.15, 0.2) is 0 Å². The van der Waals surface area contributed by atoms with Gasteiger partial charge in [0.25, 0.3) is 0 Å². The lowest BCUT2D eigenvalue weighted by molar-refractivity contribution is 0.156. The van der Waals surface area contributed by atoms with Gasteiger partial charge in [0.2, 0.25) is 0 Å². The molecule has 0 aliphatic carbocycles. The molecule has 2 nitrogen and oxygen atoms in total. The largest absolute Gasteiger partial charge is 0.494 e. The number of rotatable bonds is 8. The smallest absolute Gasteiger partial charge is 0.119 e. The minimum Gasteiger partial charge on any atom is -0.494 e. The SMILES string of the molecule is CCCCOc1ccc(C2(CC(O)CC)SCCCS2)cc1. The molecule has 1 heterocycles. The Balaban J connectivity index is 2.10. The van der Waals surface area contributed by atoms with Crippen molar-refractivity contribution in [2.45, 2.75) is 56.1 Å². The van der Waals surface area contributed by atoms with Crippen molar-refractivity contribution < 1.29 is 9.84 Å². The molecular weight excluding hydrogens is 312 g/mol. The summed E-state index contributed by atoms with van der Waals surface area (Å²) < 4.78 is 5.77. The molecule has 1 atom stereocenters. The molecule has 1 N–H and O–H groups in total. The van der Waals surface area contributed by atoms with E-state index in [9.17, 15) is 5.11 Å². The first-order valence-electron chi connectivity index (χ1n) is 8.39. The van der Waals surface area contributed by atoms with E-state index in [1.165, 1.54) is 23.5 Å². The van der Waals surface area contributed by atoms with E-state index in [1.54, 1.807) is 0 Å². The third kappa shape index (κ3) is 4.84. The van der Waals surface area contributed by atoms with Crippen LogP contribution in [0, 0.1) is 0 Å². The van der Waals surface area contributed by atoms with Gasteiger partial charge in [-0.2, -0.15) is 0 Å². The van der Waals surface area contributed by atoms with E-state index < -0.39 is 0 Å². The summed E-state index contributed by atoms with van der Waals surface area (Å²) in [7, 11) is 0. The molecule has 1 saturated heterocycles. The summed E-state index contributed by atoms with van der Waals surface area (Å²) in [6, 6.07) is 8.55. The molecule has 0 bridgehead atoms. The van der Waals surface area contributed by atoms with Crippen molar-refractivity contribution in [3.05, 3.63) is 29.8 Å². The van der Waals surface area contributed by atoms with Gasteiger partial charge in [0.05, 0.1) is 16.8 Å². The van der Waals surface area contributed by atoms with Crippen LogP contribution >= 0.6 is 23.5 Å². The van der Waals surface area contributed by atoms with Gasteiger partial charge in [-0.1, -0.05) is 32.4 Å². The average Bonchev–Trinajstić information content (AvgIpc) is 2.56. The average molecular weight is 341 g/mol. The lowest BCUT2D eigenvalue weighted by Crippen LogP contribution is -2.28. The number of ether oxygens (including phenoxy) is 1. The van der Waals surface area contributed by atoms with Crippen LogP contribution in [0.3, 0.4) is 0 Å². The highest BCUT2D eigenvalue weighted by Gasteiger charge is 2.37.